The van der Waals surface area contributed by atoms with E-state index in [1.54, 1.807) is 19.3 Å². The number of Topliss-reactive ketones (excluding diaryl/α,β-unsaturated/α-hetero) is 1. The summed E-state index contributed by atoms with van der Waals surface area (Å²) < 4.78 is 5.09. The first-order chi connectivity index (χ1) is 14.4. The first kappa shape index (κ1) is 24.9. The van der Waals surface area contributed by atoms with Crippen LogP contribution >= 0.6 is 23.5 Å². The molecule has 1 aromatic carbocycles. The van der Waals surface area contributed by atoms with E-state index in [1.165, 1.54) is 23.5 Å². The molecular weight excluding hydrogens is 424 g/mol. The van der Waals surface area contributed by atoms with Crippen LogP contribution in [0.25, 0.3) is 0 Å². The first-order valence-corrected chi connectivity index (χ1v) is 12.2. The lowest BCUT2D eigenvalue weighted by atomic mass is 10.0. The van der Waals surface area contributed by atoms with Crippen LogP contribution in [-0.2, 0) is 27.4 Å². The molecule has 8 heteroatoms. The molecule has 0 aromatic heterocycles. The Kier molecular flexibility index (Phi) is 11.0. The third-order valence-electron chi connectivity index (χ3n) is 4.81. The van der Waals surface area contributed by atoms with Crippen LogP contribution in [0.15, 0.2) is 36.4 Å². The molecule has 166 valence electrons. The van der Waals surface area contributed by atoms with Crippen molar-refractivity contribution in [3.05, 3.63) is 47.5 Å². The van der Waals surface area contributed by atoms with Crippen LogP contribution < -0.4 is 0 Å². The molecule has 0 bridgehead atoms. The molecule has 3 N–H and O–H groups in total. The molecule has 2 rings (SSSR count). The van der Waals surface area contributed by atoms with E-state index < -0.39 is 18.2 Å². The topological polar surface area (TPSA) is 104 Å². The zero-order valence-corrected chi connectivity index (χ0v) is 18.7. The molecule has 3 unspecified atom stereocenters. The van der Waals surface area contributed by atoms with Crippen molar-refractivity contribution in [3.63, 3.8) is 0 Å². The molecule has 0 spiro atoms. The highest BCUT2D eigenvalue weighted by Crippen LogP contribution is 2.34. The Morgan fingerprint density at radius 3 is 2.63 bits per heavy atom. The summed E-state index contributed by atoms with van der Waals surface area (Å²) in [6.45, 7) is 0.549. The van der Waals surface area contributed by atoms with Crippen molar-refractivity contribution in [2.24, 2.45) is 5.92 Å². The van der Waals surface area contributed by atoms with E-state index in [4.69, 9.17) is 9.84 Å². The lowest BCUT2D eigenvalue weighted by molar-refractivity contribution is -0.133. The van der Waals surface area contributed by atoms with Crippen molar-refractivity contribution in [1.82, 2.24) is 0 Å². The molecule has 1 aromatic rings. The van der Waals surface area contributed by atoms with Gasteiger partial charge in [-0.15, -0.1) is 11.8 Å². The van der Waals surface area contributed by atoms with Crippen molar-refractivity contribution >= 4 is 35.3 Å². The van der Waals surface area contributed by atoms with E-state index in [0.29, 0.717) is 13.0 Å². The Labute approximate surface area is 186 Å². The highest BCUT2D eigenvalue weighted by atomic mass is 32.2. The lowest BCUT2D eigenvalue weighted by Crippen LogP contribution is -2.22. The summed E-state index contributed by atoms with van der Waals surface area (Å²) in [4.78, 5) is 22.8. The van der Waals surface area contributed by atoms with Crippen LogP contribution in [0.4, 0.5) is 0 Å². The normalized spacial score (nSPS) is 22.6. The molecule has 1 saturated carbocycles. The van der Waals surface area contributed by atoms with Gasteiger partial charge in [0.05, 0.1) is 29.8 Å². The van der Waals surface area contributed by atoms with E-state index in [9.17, 15) is 19.8 Å². The number of carboxylic acids is 1. The van der Waals surface area contributed by atoms with Gasteiger partial charge in [-0.05, 0) is 29.1 Å². The fourth-order valence-electron chi connectivity index (χ4n) is 3.34. The number of ether oxygens (including phenoxy) is 1. The number of carboxylic acid groups (broad SMARTS) is 1. The van der Waals surface area contributed by atoms with Gasteiger partial charge in [0.2, 0.25) is 0 Å². The van der Waals surface area contributed by atoms with E-state index in [0.717, 1.165) is 29.1 Å². The number of carbonyl (C=O) groups is 2. The van der Waals surface area contributed by atoms with Crippen LogP contribution in [-0.4, -0.2) is 68.9 Å². The number of thioether (sulfide) groups is 2. The fraction of sp³-hybridized carbons (Fsp3) is 0.545. The second kappa shape index (κ2) is 13.2. The second-order valence-corrected chi connectivity index (χ2v) is 9.67. The van der Waals surface area contributed by atoms with Gasteiger partial charge in [-0.25, -0.2) is 0 Å². The average Bonchev–Trinajstić information content (AvgIpc) is 2.97. The number of ketones is 1. The maximum atomic E-state index is 12.3. The summed E-state index contributed by atoms with van der Waals surface area (Å²) in [5, 5.41) is 28.9. The number of rotatable bonds is 13. The molecule has 30 heavy (non-hydrogen) atoms. The van der Waals surface area contributed by atoms with Crippen LogP contribution in [0, 0.1) is 5.92 Å². The Bertz CT molecular complexity index is 706. The summed E-state index contributed by atoms with van der Waals surface area (Å²) in [7, 11) is 1.65. The van der Waals surface area contributed by atoms with E-state index in [1.807, 2.05) is 24.3 Å². The van der Waals surface area contributed by atoms with Crippen molar-refractivity contribution < 1.29 is 29.6 Å². The number of benzene rings is 1. The molecular formula is C22H30O6S2. The van der Waals surface area contributed by atoms with Crippen LogP contribution in [0.3, 0.4) is 0 Å². The maximum absolute atomic E-state index is 12.3. The van der Waals surface area contributed by atoms with Gasteiger partial charge >= 0.3 is 5.97 Å². The largest absolute Gasteiger partial charge is 0.481 e. The van der Waals surface area contributed by atoms with Gasteiger partial charge in [-0.3, -0.25) is 9.59 Å². The summed E-state index contributed by atoms with van der Waals surface area (Å²) in [6, 6.07) is 7.85. The molecule has 6 nitrogen and oxygen atoms in total. The minimum atomic E-state index is -0.823. The quantitative estimate of drug-likeness (QED) is 0.309. The average molecular weight is 455 g/mol. The van der Waals surface area contributed by atoms with Gasteiger partial charge in [0.25, 0.3) is 0 Å². The number of carbonyl (C=O) groups excluding carboxylic acids is 1. The summed E-state index contributed by atoms with van der Waals surface area (Å²) in [6.07, 6.45) is 3.42. The molecule has 4 atom stereocenters. The number of hydrogen-bond donors (Lipinski definition) is 3. The van der Waals surface area contributed by atoms with Crippen molar-refractivity contribution in [2.45, 2.75) is 43.3 Å². The van der Waals surface area contributed by atoms with Gasteiger partial charge in [0, 0.05) is 25.9 Å². The predicted octanol–water partition coefficient (Wildman–Crippen LogP) is 2.55. The smallest absolute Gasteiger partial charge is 0.313 e. The highest BCUT2D eigenvalue weighted by Gasteiger charge is 2.40. The standard InChI is InChI=1S/C22H30O6S2/c1-28-13-16-5-3-15(4-6-16)11-17(23)7-8-18-19(24)12-20(25)22(18)30-10-2-9-29-14-21(26)27/h3-8,17-19,22-24H,2,9-14H2,1H3,(H,26,27)/t17?,18-,19?,22?/m0/s1. The second-order valence-electron chi connectivity index (χ2n) is 7.31. The molecule has 0 aliphatic heterocycles. The van der Waals surface area contributed by atoms with Gasteiger partial charge in [0.15, 0.2) is 0 Å². The number of methoxy groups -OCH3 is 1. The monoisotopic (exact) mass is 454 g/mol. The van der Waals surface area contributed by atoms with Crippen LogP contribution in [0.5, 0.6) is 0 Å². The molecule has 0 heterocycles. The molecule has 1 aliphatic carbocycles. The third kappa shape index (κ3) is 8.43. The maximum Gasteiger partial charge on any atom is 0.313 e. The minimum absolute atomic E-state index is 0.0311. The van der Waals surface area contributed by atoms with Gasteiger partial charge < -0.3 is 20.1 Å². The molecule has 1 fully saturated rings. The summed E-state index contributed by atoms with van der Waals surface area (Å²) in [5.74, 6) is 0.444. The minimum Gasteiger partial charge on any atom is -0.481 e. The zero-order chi connectivity index (χ0) is 21.9. The molecule has 0 saturated heterocycles. The van der Waals surface area contributed by atoms with Crippen LogP contribution in [0.2, 0.25) is 0 Å². The van der Waals surface area contributed by atoms with E-state index >= 15 is 0 Å². The predicted molar refractivity (Wildman–Crippen MR) is 121 cm³/mol. The highest BCUT2D eigenvalue weighted by molar-refractivity contribution is 8.01. The summed E-state index contributed by atoms with van der Waals surface area (Å²) in [5.41, 5.74) is 2.07. The molecule has 0 amide bonds. The zero-order valence-electron chi connectivity index (χ0n) is 17.1. The Morgan fingerprint density at radius 2 is 1.97 bits per heavy atom. The summed E-state index contributed by atoms with van der Waals surface area (Å²) >= 11 is 2.87. The third-order valence-corrected chi connectivity index (χ3v) is 7.30. The first-order valence-electron chi connectivity index (χ1n) is 9.95. The molecule has 1 aliphatic rings. The van der Waals surface area contributed by atoms with Gasteiger partial charge in [-0.2, -0.15) is 11.8 Å². The van der Waals surface area contributed by atoms with Crippen molar-refractivity contribution in [3.8, 4) is 0 Å². The van der Waals surface area contributed by atoms with Crippen molar-refractivity contribution in [2.75, 3.05) is 24.4 Å². The number of aliphatic hydroxyl groups excluding tert-OH is 2. The number of hydrogen-bond acceptors (Lipinski definition) is 7. The number of aliphatic carboxylic acids is 1. The number of aliphatic hydroxyl groups is 2. The lowest BCUT2D eigenvalue weighted by Gasteiger charge is -2.17. The van der Waals surface area contributed by atoms with Gasteiger partial charge in [-0.1, -0.05) is 36.4 Å². The Hall–Kier alpha value is -1.32. The van der Waals surface area contributed by atoms with E-state index in [2.05, 4.69) is 0 Å². The van der Waals surface area contributed by atoms with Crippen molar-refractivity contribution in [1.29, 1.82) is 0 Å². The molecule has 0 radical (unpaired) electrons. The Morgan fingerprint density at radius 1 is 1.27 bits per heavy atom. The van der Waals surface area contributed by atoms with Crippen LogP contribution in [0.1, 0.15) is 24.0 Å². The SMILES string of the molecule is COCc1ccc(CC(O)C=C[C@H]2C(O)CC(=O)C2SCCCSCC(=O)O)cc1. The fourth-order valence-corrected chi connectivity index (χ4v) is 5.53. The van der Waals surface area contributed by atoms with E-state index in [-0.39, 0.29) is 29.1 Å². The van der Waals surface area contributed by atoms with Gasteiger partial charge in [0.1, 0.15) is 5.78 Å². The Balaban J connectivity index is 1.83.